The molecular weight excluding hydrogens is 424 g/mol. The van der Waals surface area contributed by atoms with Gasteiger partial charge in [0.1, 0.15) is 17.8 Å². The van der Waals surface area contributed by atoms with Crippen molar-refractivity contribution in [2.24, 2.45) is 5.16 Å². The maximum absolute atomic E-state index is 14.8. The third-order valence-electron chi connectivity index (χ3n) is 3.52. The van der Waals surface area contributed by atoms with Gasteiger partial charge >= 0.3 is 5.97 Å². The summed E-state index contributed by atoms with van der Waals surface area (Å²) in [6.07, 6.45) is 0.992. The Kier molecular flexibility index (Phi) is 6.71. The number of nitrogens with zero attached hydrogens (tertiary/aromatic N) is 3. The van der Waals surface area contributed by atoms with E-state index in [0.717, 1.165) is 6.33 Å². The molecule has 0 radical (unpaired) electrons. The number of oxime groups is 1. The normalized spacial score (nSPS) is 11.1. The van der Waals surface area contributed by atoms with E-state index in [4.69, 9.17) is 21.1 Å². The van der Waals surface area contributed by atoms with Crippen LogP contribution < -0.4 is 9.47 Å². The topological polar surface area (TPSA) is 103 Å². The van der Waals surface area contributed by atoms with Crippen molar-refractivity contribution in [2.45, 2.75) is 0 Å². The highest BCUT2D eigenvalue weighted by Gasteiger charge is 2.22. The second-order valence-electron chi connectivity index (χ2n) is 5.41. The van der Waals surface area contributed by atoms with Gasteiger partial charge in [-0.15, -0.1) is 0 Å². The lowest BCUT2D eigenvalue weighted by Gasteiger charge is -2.12. The maximum atomic E-state index is 14.8. The highest BCUT2D eigenvalue weighted by Crippen LogP contribution is 2.33. The van der Waals surface area contributed by atoms with Gasteiger partial charge in [-0.05, 0) is 24.3 Å². The van der Waals surface area contributed by atoms with Crippen molar-refractivity contribution in [3.63, 3.8) is 0 Å². The van der Waals surface area contributed by atoms with Crippen LogP contribution >= 0.6 is 11.6 Å². The molecule has 0 saturated carbocycles. The van der Waals surface area contributed by atoms with Crippen LogP contribution in [0.3, 0.4) is 0 Å². The van der Waals surface area contributed by atoms with E-state index in [-0.39, 0.29) is 22.1 Å². The molecule has 30 heavy (non-hydrogen) atoms. The molecule has 11 heteroatoms. The molecule has 0 unspecified atom stereocenters. The Morgan fingerprint density at radius 1 is 1.03 bits per heavy atom. The maximum Gasteiger partial charge on any atom is 0.358 e. The van der Waals surface area contributed by atoms with E-state index in [1.807, 2.05) is 0 Å². The molecule has 0 bridgehead atoms. The van der Waals surface area contributed by atoms with Gasteiger partial charge in [-0.25, -0.2) is 9.18 Å². The highest BCUT2D eigenvalue weighted by atomic mass is 35.5. The van der Waals surface area contributed by atoms with Crippen molar-refractivity contribution in [3.8, 4) is 23.3 Å². The first kappa shape index (κ1) is 20.9. The van der Waals surface area contributed by atoms with Crippen molar-refractivity contribution in [1.82, 2.24) is 9.97 Å². The molecule has 0 saturated heterocycles. The Morgan fingerprint density at radius 3 is 2.27 bits per heavy atom. The molecule has 3 rings (SSSR count). The minimum absolute atomic E-state index is 0.0926. The Labute approximate surface area is 173 Å². The fraction of sp³-hybridized carbons (Fsp3) is 0.0526. The van der Waals surface area contributed by atoms with Crippen molar-refractivity contribution in [3.05, 3.63) is 71.3 Å². The lowest BCUT2D eigenvalue weighted by atomic mass is 10.1. The second kappa shape index (κ2) is 9.61. The van der Waals surface area contributed by atoms with Crippen LogP contribution in [0.25, 0.3) is 0 Å². The lowest BCUT2D eigenvalue weighted by Crippen LogP contribution is -2.16. The van der Waals surface area contributed by atoms with Gasteiger partial charge in [0.05, 0.1) is 10.6 Å². The van der Waals surface area contributed by atoms with E-state index in [0.29, 0.717) is 0 Å². The standard InChI is InChI=1S/C19H12ClF2N3O5/c20-12-6-2-4-8-14(12)30-18-15(22)17(23-10-24-18)29-13-7-3-1-5-11(13)16(19(26)27)25-28-9-21/h1-8,10H,9H2,(H,26,27). The van der Waals surface area contributed by atoms with E-state index in [9.17, 15) is 18.7 Å². The lowest BCUT2D eigenvalue weighted by molar-refractivity contribution is -0.129. The third kappa shape index (κ3) is 4.78. The van der Waals surface area contributed by atoms with Crippen LogP contribution in [0.5, 0.6) is 23.3 Å². The molecule has 0 spiro atoms. The van der Waals surface area contributed by atoms with E-state index < -0.39 is 36.1 Å². The predicted molar refractivity (Wildman–Crippen MR) is 101 cm³/mol. The summed E-state index contributed by atoms with van der Waals surface area (Å²) in [4.78, 5) is 23.1. The largest absolute Gasteiger partial charge is 0.476 e. The van der Waals surface area contributed by atoms with Crippen molar-refractivity contribution in [2.75, 3.05) is 6.86 Å². The van der Waals surface area contributed by atoms with Crippen molar-refractivity contribution in [1.29, 1.82) is 0 Å². The number of carboxylic acid groups (broad SMARTS) is 1. The summed E-state index contributed by atoms with van der Waals surface area (Å²) in [6.45, 7) is -1.33. The number of benzene rings is 2. The molecule has 0 aliphatic heterocycles. The number of alkyl halides is 1. The molecule has 1 N–H and O–H groups in total. The quantitative estimate of drug-likeness (QED) is 0.408. The molecule has 1 aromatic heterocycles. The van der Waals surface area contributed by atoms with Gasteiger partial charge in [-0.2, -0.15) is 14.4 Å². The van der Waals surface area contributed by atoms with E-state index in [1.54, 1.807) is 18.2 Å². The Morgan fingerprint density at radius 2 is 1.63 bits per heavy atom. The van der Waals surface area contributed by atoms with Crippen molar-refractivity contribution < 1.29 is 33.0 Å². The predicted octanol–water partition coefficient (Wildman–Crippen LogP) is 4.59. The first-order valence-corrected chi connectivity index (χ1v) is 8.58. The zero-order chi connectivity index (χ0) is 21.5. The van der Waals surface area contributed by atoms with Crippen LogP contribution in [0.1, 0.15) is 5.56 Å². The monoisotopic (exact) mass is 435 g/mol. The summed E-state index contributed by atoms with van der Waals surface area (Å²) in [5, 5.41) is 12.8. The average Bonchev–Trinajstić information content (AvgIpc) is 2.73. The molecule has 154 valence electrons. The van der Waals surface area contributed by atoms with Crippen LogP contribution in [0, 0.1) is 5.82 Å². The first-order valence-electron chi connectivity index (χ1n) is 8.20. The minimum Gasteiger partial charge on any atom is -0.476 e. The van der Waals surface area contributed by atoms with E-state index in [2.05, 4.69) is 20.0 Å². The number of para-hydroxylation sites is 2. The third-order valence-corrected chi connectivity index (χ3v) is 3.84. The fourth-order valence-electron chi connectivity index (χ4n) is 2.26. The van der Waals surface area contributed by atoms with Gasteiger partial charge in [-0.1, -0.05) is 41.0 Å². The SMILES string of the molecule is O=C(O)C(=NOCF)c1ccccc1Oc1ncnc(Oc2ccccc2Cl)c1F. The Balaban J connectivity index is 1.94. The number of rotatable bonds is 8. The summed E-state index contributed by atoms with van der Waals surface area (Å²) in [7, 11) is 0. The van der Waals surface area contributed by atoms with Gasteiger partial charge in [0.15, 0.2) is 5.71 Å². The minimum atomic E-state index is -1.51. The summed E-state index contributed by atoms with van der Waals surface area (Å²) in [5.41, 5.74) is -0.740. The first-order chi connectivity index (χ1) is 14.5. The number of ether oxygens (including phenoxy) is 2. The van der Waals surface area contributed by atoms with Gasteiger partial charge in [0, 0.05) is 0 Å². The smallest absolute Gasteiger partial charge is 0.358 e. The number of aliphatic carboxylic acids is 1. The van der Waals surface area contributed by atoms with Crippen molar-refractivity contribution >= 4 is 23.3 Å². The average molecular weight is 436 g/mol. The second-order valence-corrected chi connectivity index (χ2v) is 5.82. The van der Waals surface area contributed by atoms with Crippen LogP contribution in [-0.2, 0) is 9.63 Å². The summed E-state index contributed by atoms with van der Waals surface area (Å²) in [5.74, 6) is -3.53. The van der Waals surface area contributed by atoms with E-state index in [1.165, 1.54) is 30.3 Å². The number of halogens is 3. The number of hydrogen-bond acceptors (Lipinski definition) is 7. The van der Waals surface area contributed by atoms with Crippen LogP contribution in [0.4, 0.5) is 8.78 Å². The zero-order valence-electron chi connectivity index (χ0n) is 15.0. The molecular formula is C19H12ClF2N3O5. The van der Waals surface area contributed by atoms with Gasteiger partial charge in [-0.3, -0.25) is 0 Å². The molecule has 2 aromatic carbocycles. The number of carbonyl (C=O) groups is 1. The number of aromatic nitrogens is 2. The molecule has 0 amide bonds. The molecule has 8 nitrogen and oxygen atoms in total. The molecule has 0 fully saturated rings. The Bertz CT molecular complexity index is 1100. The molecule has 3 aromatic rings. The highest BCUT2D eigenvalue weighted by molar-refractivity contribution is 6.43. The molecule has 0 aliphatic carbocycles. The number of carboxylic acids is 1. The van der Waals surface area contributed by atoms with Gasteiger partial charge in [0.25, 0.3) is 18.6 Å². The fourth-order valence-corrected chi connectivity index (χ4v) is 2.43. The molecule has 0 aliphatic rings. The van der Waals surface area contributed by atoms with Gasteiger partial charge in [0.2, 0.25) is 5.82 Å². The van der Waals surface area contributed by atoms with Crippen LogP contribution in [0.15, 0.2) is 60.0 Å². The Hall–Kier alpha value is -3.79. The van der Waals surface area contributed by atoms with E-state index >= 15 is 0 Å². The summed E-state index contributed by atoms with van der Waals surface area (Å²) in [6, 6.07) is 12.0. The summed E-state index contributed by atoms with van der Waals surface area (Å²) >= 11 is 5.99. The van der Waals surface area contributed by atoms with Crippen LogP contribution in [0.2, 0.25) is 5.02 Å². The zero-order valence-corrected chi connectivity index (χ0v) is 15.7. The summed E-state index contributed by atoms with van der Waals surface area (Å²) < 4.78 is 37.9. The number of hydrogen-bond donors (Lipinski definition) is 1. The van der Waals surface area contributed by atoms with Gasteiger partial charge < -0.3 is 19.4 Å². The van der Waals surface area contributed by atoms with Crippen LogP contribution in [-0.4, -0.2) is 33.6 Å². The molecule has 1 heterocycles. The molecule has 0 atom stereocenters.